The molecule has 0 atom stereocenters. The Hall–Kier alpha value is -4.28. The van der Waals surface area contributed by atoms with Gasteiger partial charge < -0.3 is 4.98 Å². The first-order chi connectivity index (χ1) is 19.1. The number of pyridine rings is 3. The molecule has 0 aromatic carbocycles. The van der Waals surface area contributed by atoms with Gasteiger partial charge in [-0.25, -0.2) is 15.0 Å². The zero-order valence-corrected chi connectivity index (χ0v) is 22.3. The van der Waals surface area contributed by atoms with E-state index in [0.29, 0.717) is 22.8 Å². The van der Waals surface area contributed by atoms with Crippen molar-refractivity contribution >= 4 is 39.3 Å². The molecule has 7 heterocycles. The third-order valence-electron chi connectivity index (χ3n) is 7.23. The minimum absolute atomic E-state index is 0.0535. The number of carbonyl (C=O) groups excluding carboxylic acids is 1. The fourth-order valence-electron chi connectivity index (χ4n) is 5.24. The molecular formula is C29H26N8OS. The molecule has 0 amide bonds. The van der Waals surface area contributed by atoms with E-state index in [9.17, 15) is 4.79 Å². The number of thiophene rings is 1. The van der Waals surface area contributed by atoms with Crippen molar-refractivity contribution in [1.82, 2.24) is 40.0 Å². The van der Waals surface area contributed by atoms with E-state index in [0.717, 1.165) is 57.0 Å². The van der Waals surface area contributed by atoms with Gasteiger partial charge in [0.1, 0.15) is 11.2 Å². The second-order valence-corrected chi connectivity index (χ2v) is 11.1. The number of piperidine rings is 1. The van der Waals surface area contributed by atoms with E-state index < -0.39 is 0 Å². The normalized spacial score (nSPS) is 14.4. The van der Waals surface area contributed by atoms with Gasteiger partial charge in [0, 0.05) is 52.9 Å². The van der Waals surface area contributed by atoms with Crippen molar-refractivity contribution in [2.75, 3.05) is 13.1 Å². The van der Waals surface area contributed by atoms with Gasteiger partial charge in [-0.1, -0.05) is 6.42 Å². The highest BCUT2D eigenvalue weighted by Gasteiger charge is 2.18. The summed E-state index contributed by atoms with van der Waals surface area (Å²) >= 11 is 1.46. The van der Waals surface area contributed by atoms with Gasteiger partial charge in [0.25, 0.3) is 0 Å². The topological polar surface area (TPSA) is 116 Å². The Morgan fingerprint density at radius 2 is 1.87 bits per heavy atom. The smallest absolute Gasteiger partial charge is 0.169 e. The first-order valence-corrected chi connectivity index (χ1v) is 13.9. The number of hydrogen-bond acceptors (Lipinski definition) is 8. The lowest BCUT2D eigenvalue weighted by Crippen LogP contribution is -2.29. The molecular weight excluding hydrogens is 508 g/mol. The molecule has 0 saturated carbocycles. The van der Waals surface area contributed by atoms with Crippen LogP contribution < -0.4 is 0 Å². The lowest BCUT2D eigenvalue weighted by molar-refractivity contribution is 0.102. The molecule has 0 spiro atoms. The third-order valence-corrected chi connectivity index (χ3v) is 8.45. The number of likely N-dealkylation sites (tertiary alicyclic amines) is 1. The fourth-order valence-corrected chi connectivity index (χ4v) is 6.17. The van der Waals surface area contributed by atoms with Crippen LogP contribution in [0.3, 0.4) is 0 Å². The SMILES string of the molecule is CC(=O)c1ccc(-c2ccnc3[nH]c(-c4n[nH]c5ncc(-c6cncc(CN7CCCCC7)c6)cc45)nc23)s1. The summed E-state index contributed by atoms with van der Waals surface area (Å²) in [5, 5.41) is 8.45. The summed E-state index contributed by atoms with van der Waals surface area (Å²) in [5.74, 6) is 0.660. The highest BCUT2D eigenvalue weighted by atomic mass is 32.1. The molecule has 0 bridgehead atoms. The van der Waals surface area contributed by atoms with Gasteiger partial charge >= 0.3 is 0 Å². The number of carbonyl (C=O) groups is 1. The Morgan fingerprint density at radius 3 is 2.72 bits per heavy atom. The minimum atomic E-state index is 0.0535. The molecule has 0 unspecified atom stereocenters. The number of fused-ring (bicyclic) bond motifs is 2. The predicted molar refractivity (Wildman–Crippen MR) is 152 cm³/mol. The van der Waals surface area contributed by atoms with Crippen molar-refractivity contribution in [3.05, 3.63) is 65.6 Å². The molecule has 194 valence electrons. The molecule has 6 aromatic heterocycles. The molecule has 1 fully saturated rings. The van der Waals surface area contributed by atoms with Crippen LogP contribution in [-0.2, 0) is 6.54 Å². The summed E-state index contributed by atoms with van der Waals surface area (Å²) in [6.45, 7) is 4.79. The van der Waals surface area contributed by atoms with Gasteiger partial charge in [0.05, 0.1) is 10.3 Å². The van der Waals surface area contributed by atoms with Gasteiger partial charge in [0.2, 0.25) is 0 Å². The Kier molecular flexibility index (Phi) is 5.98. The van der Waals surface area contributed by atoms with E-state index in [1.807, 2.05) is 36.8 Å². The lowest BCUT2D eigenvalue weighted by atomic mass is 10.1. The Labute approximate surface area is 228 Å². The van der Waals surface area contributed by atoms with Crippen molar-refractivity contribution in [1.29, 1.82) is 0 Å². The predicted octanol–water partition coefficient (Wildman–Crippen LogP) is 5.88. The van der Waals surface area contributed by atoms with Crippen molar-refractivity contribution in [3.63, 3.8) is 0 Å². The first-order valence-electron chi connectivity index (χ1n) is 13.1. The van der Waals surface area contributed by atoms with Crippen LogP contribution in [0.4, 0.5) is 0 Å². The van der Waals surface area contributed by atoms with Crippen LogP contribution in [0.2, 0.25) is 0 Å². The van der Waals surface area contributed by atoms with Crippen molar-refractivity contribution < 1.29 is 4.79 Å². The number of nitrogens with one attached hydrogen (secondary N) is 2. The summed E-state index contributed by atoms with van der Waals surface area (Å²) in [4.78, 5) is 37.9. The zero-order chi connectivity index (χ0) is 26.3. The number of nitrogens with zero attached hydrogens (tertiary/aromatic N) is 6. The molecule has 7 rings (SSSR count). The van der Waals surface area contributed by atoms with Crippen molar-refractivity contribution in [2.24, 2.45) is 0 Å². The van der Waals surface area contributed by atoms with E-state index in [1.165, 1.54) is 36.2 Å². The molecule has 1 aliphatic heterocycles. The maximum Gasteiger partial charge on any atom is 0.169 e. The maximum absolute atomic E-state index is 11.8. The number of rotatable bonds is 6. The van der Waals surface area contributed by atoms with E-state index in [-0.39, 0.29) is 5.78 Å². The largest absolute Gasteiger partial charge is 0.321 e. The van der Waals surface area contributed by atoms with Gasteiger partial charge in [0.15, 0.2) is 22.9 Å². The van der Waals surface area contributed by atoms with E-state index in [4.69, 9.17) is 4.98 Å². The van der Waals surface area contributed by atoms with Crippen LogP contribution >= 0.6 is 11.3 Å². The molecule has 9 nitrogen and oxygen atoms in total. The van der Waals surface area contributed by atoms with Crippen LogP contribution in [-0.4, -0.2) is 58.9 Å². The summed E-state index contributed by atoms with van der Waals surface area (Å²) in [7, 11) is 0. The molecule has 10 heteroatoms. The second-order valence-electron chi connectivity index (χ2n) is 9.97. The van der Waals surface area contributed by atoms with Crippen LogP contribution in [0.25, 0.3) is 55.3 Å². The number of aromatic amines is 2. The summed E-state index contributed by atoms with van der Waals surface area (Å²) in [6, 6.07) is 10.0. The van der Waals surface area contributed by atoms with Gasteiger partial charge in [-0.15, -0.1) is 11.3 Å². The van der Waals surface area contributed by atoms with Crippen molar-refractivity contribution in [3.8, 4) is 33.1 Å². The monoisotopic (exact) mass is 534 g/mol. The van der Waals surface area contributed by atoms with Crippen LogP contribution in [0.1, 0.15) is 41.4 Å². The number of Topliss-reactive ketones (excluding diaryl/α,β-unsaturated/α-hetero) is 1. The molecule has 0 aliphatic carbocycles. The molecule has 1 saturated heterocycles. The summed E-state index contributed by atoms with van der Waals surface area (Å²) in [6.07, 6.45) is 11.3. The Balaban J connectivity index is 1.25. The van der Waals surface area contributed by atoms with Gasteiger partial charge in [-0.05, 0) is 68.8 Å². The van der Waals surface area contributed by atoms with Crippen LogP contribution in [0, 0.1) is 0 Å². The highest BCUT2D eigenvalue weighted by Crippen LogP contribution is 2.35. The number of aromatic nitrogens is 7. The summed E-state index contributed by atoms with van der Waals surface area (Å²) in [5.41, 5.74) is 6.89. The maximum atomic E-state index is 11.8. The summed E-state index contributed by atoms with van der Waals surface area (Å²) < 4.78 is 0. The number of H-pyrrole nitrogens is 2. The number of ketones is 1. The average Bonchev–Trinajstić information content (AvgIpc) is 3.71. The van der Waals surface area contributed by atoms with E-state index in [2.05, 4.69) is 47.2 Å². The molecule has 39 heavy (non-hydrogen) atoms. The van der Waals surface area contributed by atoms with Gasteiger partial charge in [-0.3, -0.25) is 19.8 Å². The number of imidazole rings is 1. The van der Waals surface area contributed by atoms with Gasteiger partial charge in [-0.2, -0.15) is 5.10 Å². The van der Waals surface area contributed by atoms with Crippen LogP contribution in [0.15, 0.2) is 55.1 Å². The Morgan fingerprint density at radius 1 is 1.00 bits per heavy atom. The van der Waals surface area contributed by atoms with Crippen LogP contribution in [0.5, 0.6) is 0 Å². The lowest BCUT2D eigenvalue weighted by Gasteiger charge is -2.26. The number of hydrogen-bond donors (Lipinski definition) is 2. The Bertz CT molecular complexity index is 1830. The van der Waals surface area contributed by atoms with E-state index >= 15 is 0 Å². The zero-order valence-electron chi connectivity index (χ0n) is 21.4. The average molecular weight is 535 g/mol. The quantitative estimate of drug-likeness (QED) is 0.257. The minimum Gasteiger partial charge on any atom is -0.321 e. The molecule has 6 aromatic rings. The fraction of sp³-hybridized carbons (Fsp3) is 0.241. The van der Waals surface area contributed by atoms with Crippen molar-refractivity contribution in [2.45, 2.75) is 32.7 Å². The highest BCUT2D eigenvalue weighted by molar-refractivity contribution is 7.17. The first kappa shape index (κ1) is 23.8. The molecule has 1 aliphatic rings. The van der Waals surface area contributed by atoms with E-state index in [1.54, 1.807) is 13.1 Å². The molecule has 2 N–H and O–H groups in total. The standard InChI is InChI=1S/C29H26N8OS/c1-17(38)23-5-6-24(39-23)21-7-8-31-28-25(21)33-29(34-28)26-22-12-20(15-32-27(22)36-35-26)19-11-18(13-30-14-19)16-37-9-3-2-4-10-37/h5-8,11-15H,2-4,9-10,16H2,1H3,(H,31,33,34)(H,32,35,36). The molecule has 0 radical (unpaired) electrons. The third kappa shape index (κ3) is 4.51. The second kappa shape index (κ2) is 9.79.